The molecule has 0 unspecified atom stereocenters. The lowest BCUT2D eigenvalue weighted by Crippen LogP contribution is -2.22. The molecule has 0 fully saturated rings. The highest BCUT2D eigenvalue weighted by atomic mass is 16.3. The van der Waals surface area contributed by atoms with Crippen LogP contribution in [0.15, 0.2) is 41.5 Å². The molecule has 31 heavy (non-hydrogen) atoms. The Kier molecular flexibility index (Phi) is 5.84. The maximum Gasteiger partial charge on any atom is 0.201 e. The Morgan fingerprint density at radius 1 is 0.903 bits per heavy atom. The number of rotatable bonds is 5. The third-order valence-corrected chi connectivity index (χ3v) is 5.20. The standard InChI is InChI=1S/C25H24O6/c1-12(2)6-5-7-13(3)9-18(27)22-19(28)11-16-21(25(22)31)24(30)20-15(23(16)29)8-14(4)10-17(20)26/h6,8-11,26,28,31H,5,7H2,1-4H3/b13-9+. The molecule has 0 atom stereocenters. The van der Waals surface area contributed by atoms with Crippen molar-refractivity contribution in [2.75, 3.05) is 0 Å². The Hall–Kier alpha value is -3.67. The Bertz CT molecular complexity index is 1190. The topological polar surface area (TPSA) is 112 Å². The van der Waals surface area contributed by atoms with Gasteiger partial charge in [0.1, 0.15) is 22.8 Å². The molecular weight excluding hydrogens is 396 g/mol. The summed E-state index contributed by atoms with van der Waals surface area (Å²) in [4.78, 5) is 38.7. The molecule has 2 aromatic rings. The molecule has 0 amide bonds. The summed E-state index contributed by atoms with van der Waals surface area (Å²) in [6.45, 7) is 7.37. The summed E-state index contributed by atoms with van der Waals surface area (Å²) < 4.78 is 0. The zero-order valence-corrected chi connectivity index (χ0v) is 17.9. The molecule has 3 N–H and O–H groups in total. The van der Waals surface area contributed by atoms with Gasteiger partial charge in [-0.2, -0.15) is 0 Å². The first-order valence-electron chi connectivity index (χ1n) is 9.89. The number of phenols is 3. The minimum absolute atomic E-state index is 0.0112. The normalized spacial score (nSPS) is 13.0. The van der Waals surface area contributed by atoms with E-state index in [2.05, 4.69) is 0 Å². The van der Waals surface area contributed by atoms with E-state index in [4.69, 9.17) is 0 Å². The number of aryl methyl sites for hydroxylation is 1. The van der Waals surface area contributed by atoms with Gasteiger partial charge in [-0.1, -0.05) is 17.2 Å². The molecule has 0 heterocycles. The SMILES string of the molecule is CC(C)=CCC/C(C)=C/C(=O)c1c(O)cc2c(c1O)C(=O)c1c(O)cc(C)cc1C2=O. The second-order valence-corrected chi connectivity index (χ2v) is 8.08. The smallest absolute Gasteiger partial charge is 0.201 e. The number of hydrogen-bond acceptors (Lipinski definition) is 6. The third-order valence-electron chi connectivity index (χ3n) is 5.20. The van der Waals surface area contributed by atoms with Crippen LogP contribution in [0.2, 0.25) is 0 Å². The first-order valence-corrected chi connectivity index (χ1v) is 9.89. The van der Waals surface area contributed by atoms with E-state index < -0.39 is 40.0 Å². The number of benzene rings is 2. The van der Waals surface area contributed by atoms with Gasteiger partial charge in [0, 0.05) is 11.1 Å². The van der Waals surface area contributed by atoms with Gasteiger partial charge in [0.05, 0.1) is 11.1 Å². The van der Waals surface area contributed by atoms with Crippen LogP contribution in [-0.4, -0.2) is 32.7 Å². The summed E-state index contributed by atoms with van der Waals surface area (Å²) in [6, 6.07) is 3.83. The van der Waals surface area contributed by atoms with Crippen LogP contribution in [0.1, 0.15) is 81.4 Å². The van der Waals surface area contributed by atoms with Gasteiger partial charge in [-0.25, -0.2) is 0 Å². The number of carbonyl (C=O) groups is 3. The van der Waals surface area contributed by atoms with Crippen LogP contribution >= 0.6 is 0 Å². The molecule has 6 nitrogen and oxygen atoms in total. The van der Waals surface area contributed by atoms with Gasteiger partial charge in [0.25, 0.3) is 0 Å². The average molecular weight is 420 g/mol. The predicted octanol–water partition coefficient (Wildman–Crippen LogP) is 4.76. The second-order valence-electron chi connectivity index (χ2n) is 8.08. The fourth-order valence-electron chi connectivity index (χ4n) is 3.72. The van der Waals surface area contributed by atoms with Gasteiger partial charge in [-0.15, -0.1) is 0 Å². The highest BCUT2D eigenvalue weighted by Gasteiger charge is 2.37. The van der Waals surface area contributed by atoms with Gasteiger partial charge in [0.15, 0.2) is 11.6 Å². The van der Waals surface area contributed by atoms with Crippen molar-refractivity contribution < 1.29 is 29.7 Å². The molecule has 1 aliphatic rings. The van der Waals surface area contributed by atoms with Crippen LogP contribution in [0.25, 0.3) is 0 Å². The summed E-state index contributed by atoms with van der Waals surface area (Å²) in [5.74, 6) is -3.81. The molecule has 0 radical (unpaired) electrons. The number of hydrogen-bond donors (Lipinski definition) is 3. The van der Waals surface area contributed by atoms with E-state index in [1.54, 1.807) is 13.8 Å². The summed E-state index contributed by atoms with van der Waals surface area (Å²) in [6.07, 6.45) is 4.68. The van der Waals surface area contributed by atoms with Crippen molar-refractivity contribution in [1.29, 1.82) is 0 Å². The van der Waals surface area contributed by atoms with Crippen LogP contribution in [-0.2, 0) is 0 Å². The van der Waals surface area contributed by atoms with Gasteiger partial charge >= 0.3 is 0 Å². The van der Waals surface area contributed by atoms with E-state index in [-0.39, 0.29) is 22.4 Å². The maximum atomic E-state index is 13.0. The van der Waals surface area contributed by atoms with Crippen molar-refractivity contribution in [2.24, 2.45) is 0 Å². The Labute approximate surface area is 180 Å². The van der Waals surface area contributed by atoms with Crippen molar-refractivity contribution in [1.82, 2.24) is 0 Å². The van der Waals surface area contributed by atoms with Gasteiger partial charge in [0.2, 0.25) is 5.78 Å². The molecule has 0 saturated carbocycles. The predicted molar refractivity (Wildman–Crippen MR) is 116 cm³/mol. The summed E-state index contributed by atoms with van der Waals surface area (Å²) in [7, 11) is 0. The summed E-state index contributed by atoms with van der Waals surface area (Å²) >= 11 is 0. The quantitative estimate of drug-likeness (QED) is 0.312. The molecule has 0 aromatic heterocycles. The van der Waals surface area contributed by atoms with Crippen molar-refractivity contribution in [3.63, 3.8) is 0 Å². The van der Waals surface area contributed by atoms with Crippen LogP contribution in [0.5, 0.6) is 17.2 Å². The molecule has 0 spiro atoms. The minimum Gasteiger partial charge on any atom is -0.507 e. The zero-order valence-electron chi connectivity index (χ0n) is 17.9. The van der Waals surface area contributed by atoms with Gasteiger partial charge in [-0.3, -0.25) is 14.4 Å². The van der Waals surface area contributed by atoms with E-state index in [1.165, 1.54) is 18.2 Å². The Morgan fingerprint density at radius 3 is 2.19 bits per heavy atom. The summed E-state index contributed by atoms with van der Waals surface area (Å²) in [5, 5.41) is 31.4. The van der Waals surface area contributed by atoms with Gasteiger partial charge < -0.3 is 15.3 Å². The van der Waals surface area contributed by atoms with E-state index in [9.17, 15) is 29.7 Å². The number of ketones is 3. The number of aromatic hydroxyl groups is 3. The molecular formula is C25H24O6. The zero-order chi connectivity index (χ0) is 23.0. The average Bonchev–Trinajstić information content (AvgIpc) is 2.64. The molecule has 0 bridgehead atoms. The Morgan fingerprint density at radius 2 is 1.55 bits per heavy atom. The van der Waals surface area contributed by atoms with Crippen LogP contribution in [0.3, 0.4) is 0 Å². The number of allylic oxidation sites excluding steroid dienone is 4. The molecule has 0 saturated heterocycles. The maximum absolute atomic E-state index is 13.0. The minimum atomic E-state index is -0.780. The first-order chi connectivity index (χ1) is 14.5. The lowest BCUT2D eigenvalue weighted by atomic mass is 9.81. The van der Waals surface area contributed by atoms with E-state index in [0.717, 1.165) is 23.6 Å². The number of carbonyl (C=O) groups excluding carboxylic acids is 3. The van der Waals surface area contributed by atoms with Crippen LogP contribution in [0.4, 0.5) is 0 Å². The van der Waals surface area contributed by atoms with E-state index in [0.29, 0.717) is 12.0 Å². The molecule has 3 rings (SSSR count). The van der Waals surface area contributed by atoms with E-state index in [1.807, 2.05) is 19.9 Å². The van der Waals surface area contributed by atoms with Crippen molar-refractivity contribution in [2.45, 2.75) is 40.5 Å². The summed E-state index contributed by atoms with van der Waals surface area (Å²) in [5.41, 5.74) is 1.18. The molecule has 6 heteroatoms. The van der Waals surface area contributed by atoms with E-state index >= 15 is 0 Å². The highest BCUT2D eigenvalue weighted by molar-refractivity contribution is 6.31. The van der Waals surface area contributed by atoms with Crippen LogP contribution in [0, 0.1) is 6.92 Å². The van der Waals surface area contributed by atoms with Gasteiger partial charge in [-0.05, 0) is 70.4 Å². The lowest BCUT2D eigenvalue weighted by Gasteiger charge is -2.21. The molecule has 2 aromatic carbocycles. The fourth-order valence-corrected chi connectivity index (χ4v) is 3.72. The number of fused-ring (bicyclic) bond motifs is 2. The highest BCUT2D eigenvalue weighted by Crippen LogP contribution is 2.42. The second kappa shape index (κ2) is 8.22. The van der Waals surface area contributed by atoms with Crippen molar-refractivity contribution in [3.05, 3.63) is 74.9 Å². The fraction of sp³-hybridized carbons (Fsp3) is 0.240. The Balaban J connectivity index is 2.08. The lowest BCUT2D eigenvalue weighted by molar-refractivity contribution is 0.0972. The first kappa shape index (κ1) is 22.0. The monoisotopic (exact) mass is 420 g/mol. The molecule has 0 aliphatic heterocycles. The third kappa shape index (κ3) is 4.01. The van der Waals surface area contributed by atoms with Crippen molar-refractivity contribution in [3.8, 4) is 17.2 Å². The molecule has 1 aliphatic carbocycles. The van der Waals surface area contributed by atoms with Crippen LogP contribution < -0.4 is 0 Å². The van der Waals surface area contributed by atoms with Crippen molar-refractivity contribution >= 4 is 17.3 Å². The largest absolute Gasteiger partial charge is 0.507 e. The molecule has 160 valence electrons. The number of phenolic OH excluding ortho intramolecular Hbond substituents is 3.